The fraction of sp³-hybridized carbons (Fsp3) is 0.611. The Morgan fingerprint density at radius 3 is 2.24 bits per heavy atom. The first kappa shape index (κ1) is 19.9. The van der Waals surface area contributed by atoms with Crippen molar-refractivity contribution in [3.8, 4) is 0 Å². The molecule has 0 atom stereocenters. The van der Waals surface area contributed by atoms with Crippen LogP contribution in [-0.2, 0) is 27.8 Å². The van der Waals surface area contributed by atoms with Gasteiger partial charge in [-0.3, -0.25) is 4.79 Å². The molecule has 1 aliphatic heterocycles. The highest BCUT2D eigenvalue weighted by molar-refractivity contribution is 7.86. The number of hydrogen-bond donors (Lipinski definition) is 1. The van der Waals surface area contributed by atoms with Gasteiger partial charge in [0, 0.05) is 40.7 Å². The molecule has 0 radical (unpaired) electrons. The third-order valence-electron chi connectivity index (χ3n) is 4.70. The molecule has 1 N–H and O–H groups in total. The van der Waals surface area contributed by atoms with Crippen LogP contribution < -0.4 is 5.32 Å². The van der Waals surface area contributed by atoms with E-state index in [9.17, 15) is 13.2 Å². The Hall–Kier alpha value is -1.44. The minimum absolute atomic E-state index is 0.000700. The average Bonchev–Trinajstić information content (AvgIpc) is 2.56. The molecule has 1 aliphatic rings. The van der Waals surface area contributed by atoms with Crippen molar-refractivity contribution >= 4 is 16.1 Å². The summed E-state index contributed by atoms with van der Waals surface area (Å²) >= 11 is 0. The van der Waals surface area contributed by atoms with Gasteiger partial charge in [-0.15, -0.1) is 0 Å². The van der Waals surface area contributed by atoms with Crippen LogP contribution in [0, 0.1) is 5.92 Å². The number of nitrogens with zero attached hydrogens (tertiary/aromatic N) is 2. The molecule has 1 fully saturated rings. The Labute approximate surface area is 151 Å². The van der Waals surface area contributed by atoms with E-state index in [0.29, 0.717) is 25.6 Å². The normalized spacial score (nSPS) is 17.0. The summed E-state index contributed by atoms with van der Waals surface area (Å²) in [5.41, 5.74) is 2.50. The van der Waals surface area contributed by atoms with Crippen LogP contribution in [-0.4, -0.2) is 56.7 Å². The summed E-state index contributed by atoms with van der Waals surface area (Å²) in [4.78, 5) is 10.9. The maximum absolute atomic E-state index is 12.1. The second-order valence-corrected chi connectivity index (χ2v) is 9.03. The zero-order chi connectivity index (χ0) is 18.4. The highest BCUT2D eigenvalue weighted by atomic mass is 32.2. The average molecular weight is 368 g/mol. The maximum Gasteiger partial charge on any atom is 0.281 e. The highest BCUT2D eigenvalue weighted by Gasteiger charge is 2.29. The van der Waals surface area contributed by atoms with Gasteiger partial charge in [0.05, 0.1) is 0 Å². The number of rotatable bonds is 7. The number of piperidine rings is 1. The molecule has 140 valence electrons. The molecular formula is C18H29N3O3S. The van der Waals surface area contributed by atoms with E-state index >= 15 is 0 Å². The Balaban J connectivity index is 1.81. The SMILES string of the molecule is CC(=O)NCCc1ccc(CC2CCN(S(=O)(=O)N(C)C)CC2)cc1. The highest BCUT2D eigenvalue weighted by Crippen LogP contribution is 2.24. The van der Waals surface area contributed by atoms with Gasteiger partial charge >= 0.3 is 0 Å². The lowest BCUT2D eigenvalue weighted by Gasteiger charge is -2.32. The Morgan fingerprint density at radius 2 is 1.72 bits per heavy atom. The third-order valence-corrected chi connectivity index (χ3v) is 6.64. The largest absolute Gasteiger partial charge is 0.356 e. The molecule has 0 saturated carbocycles. The lowest BCUT2D eigenvalue weighted by atomic mass is 9.90. The Kier molecular flexibility index (Phi) is 6.98. The molecule has 1 heterocycles. The molecule has 0 aliphatic carbocycles. The quantitative estimate of drug-likeness (QED) is 0.792. The molecule has 2 rings (SSSR count). The molecule has 1 amide bonds. The van der Waals surface area contributed by atoms with Gasteiger partial charge in [-0.25, -0.2) is 0 Å². The van der Waals surface area contributed by atoms with Crippen molar-refractivity contribution in [1.29, 1.82) is 0 Å². The van der Waals surface area contributed by atoms with Crippen molar-refractivity contribution in [2.24, 2.45) is 5.92 Å². The number of amides is 1. The molecular weight excluding hydrogens is 338 g/mol. The zero-order valence-corrected chi connectivity index (χ0v) is 16.2. The standard InChI is InChI=1S/C18H29N3O3S/c1-15(22)19-11-8-16-4-6-17(7-5-16)14-18-9-12-21(13-10-18)25(23,24)20(2)3/h4-7,18H,8-14H2,1-3H3,(H,19,22). The Bertz CT molecular complexity index is 663. The predicted octanol–water partition coefficient (Wildman–Crippen LogP) is 1.43. The van der Waals surface area contributed by atoms with Crippen LogP contribution in [0.25, 0.3) is 0 Å². The van der Waals surface area contributed by atoms with E-state index < -0.39 is 10.2 Å². The van der Waals surface area contributed by atoms with Crippen molar-refractivity contribution in [3.63, 3.8) is 0 Å². The van der Waals surface area contributed by atoms with E-state index in [-0.39, 0.29) is 5.91 Å². The van der Waals surface area contributed by atoms with Crippen molar-refractivity contribution in [1.82, 2.24) is 13.9 Å². The molecule has 0 unspecified atom stereocenters. The monoisotopic (exact) mass is 367 g/mol. The fourth-order valence-electron chi connectivity index (χ4n) is 3.13. The Morgan fingerprint density at radius 1 is 1.16 bits per heavy atom. The van der Waals surface area contributed by atoms with E-state index in [1.807, 2.05) is 0 Å². The van der Waals surface area contributed by atoms with Crippen molar-refractivity contribution in [2.45, 2.75) is 32.6 Å². The van der Waals surface area contributed by atoms with Gasteiger partial charge in [-0.2, -0.15) is 17.0 Å². The lowest BCUT2D eigenvalue weighted by Crippen LogP contribution is -2.44. The van der Waals surface area contributed by atoms with E-state index in [1.54, 1.807) is 18.4 Å². The minimum Gasteiger partial charge on any atom is -0.356 e. The minimum atomic E-state index is -3.28. The first-order valence-electron chi connectivity index (χ1n) is 8.79. The molecule has 1 aromatic carbocycles. The maximum atomic E-state index is 12.1. The molecule has 0 aromatic heterocycles. The smallest absolute Gasteiger partial charge is 0.281 e. The van der Waals surface area contributed by atoms with Crippen molar-refractivity contribution in [2.75, 3.05) is 33.7 Å². The van der Waals surface area contributed by atoms with Crippen molar-refractivity contribution < 1.29 is 13.2 Å². The molecule has 25 heavy (non-hydrogen) atoms. The lowest BCUT2D eigenvalue weighted by molar-refractivity contribution is -0.118. The summed E-state index contributed by atoms with van der Waals surface area (Å²) in [6, 6.07) is 8.52. The van der Waals surface area contributed by atoms with Crippen LogP contribution >= 0.6 is 0 Å². The summed E-state index contributed by atoms with van der Waals surface area (Å²) < 4.78 is 27.1. The van der Waals surface area contributed by atoms with Crippen molar-refractivity contribution in [3.05, 3.63) is 35.4 Å². The van der Waals surface area contributed by atoms with Gasteiger partial charge in [0.1, 0.15) is 0 Å². The van der Waals surface area contributed by atoms with Crippen LogP contribution in [0.1, 0.15) is 30.9 Å². The van der Waals surface area contributed by atoms with Crippen LogP contribution in [0.5, 0.6) is 0 Å². The third kappa shape index (κ3) is 5.80. The molecule has 6 nitrogen and oxygen atoms in total. The number of benzene rings is 1. The molecule has 0 spiro atoms. The predicted molar refractivity (Wildman–Crippen MR) is 99.4 cm³/mol. The summed E-state index contributed by atoms with van der Waals surface area (Å²) in [6.45, 7) is 3.38. The van der Waals surface area contributed by atoms with E-state index in [1.165, 1.54) is 22.4 Å². The fourth-order valence-corrected chi connectivity index (χ4v) is 4.27. The van der Waals surface area contributed by atoms with E-state index in [0.717, 1.165) is 25.7 Å². The van der Waals surface area contributed by atoms with Gasteiger partial charge in [0.2, 0.25) is 5.91 Å². The number of hydrogen-bond acceptors (Lipinski definition) is 3. The summed E-state index contributed by atoms with van der Waals surface area (Å²) in [5.74, 6) is 0.526. The van der Waals surface area contributed by atoms with E-state index in [2.05, 4.69) is 29.6 Å². The molecule has 1 aromatic rings. The summed E-state index contributed by atoms with van der Waals surface area (Å²) in [6.07, 6.45) is 3.62. The number of nitrogens with one attached hydrogen (secondary N) is 1. The summed E-state index contributed by atoms with van der Waals surface area (Å²) in [5, 5.41) is 2.80. The van der Waals surface area contributed by atoms with Gasteiger partial charge < -0.3 is 5.32 Å². The number of carbonyl (C=O) groups is 1. The first-order valence-corrected chi connectivity index (χ1v) is 10.2. The van der Waals surface area contributed by atoms with Crippen LogP contribution in [0.3, 0.4) is 0 Å². The van der Waals surface area contributed by atoms with Gasteiger partial charge in [0.15, 0.2) is 0 Å². The second kappa shape index (κ2) is 8.78. The van der Waals surface area contributed by atoms with Crippen LogP contribution in [0.15, 0.2) is 24.3 Å². The van der Waals surface area contributed by atoms with E-state index in [4.69, 9.17) is 0 Å². The number of carbonyl (C=O) groups excluding carboxylic acids is 1. The van der Waals surface area contributed by atoms with Gasteiger partial charge in [-0.1, -0.05) is 24.3 Å². The van der Waals surface area contributed by atoms with Gasteiger partial charge in [0.25, 0.3) is 10.2 Å². The molecule has 7 heteroatoms. The van der Waals surface area contributed by atoms with Crippen LogP contribution in [0.4, 0.5) is 0 Å². The summed E-state index contributed by atoms with van der Waals surface area (Å²) in [7, 11) is -0.124. The second-order valence-electron chi connectivity index (χ2n) is 6.89. The first-order chi connectivity index (χ1) is 11.8. The molecule has 0 bridgehead atoms. The van der Waals surface area contributed by atoms with Gasteiger partial charge in [-0.05, 0) is 42.7 Å². The zero-order valence-electron chi connectivity index (χ0n) is 15.4. The van der Waals surface area contributed by atoms with Crippen LogP contribution in [0.2, 0.25) is 0 Å². The molecule has 1 saturated heterocycles. The topological polar surface area (TPSA) is 69.7 Å².